The van der Waals surface area contributed by atoms with Gasteiger partial charge in [-0.3, -0.25) is 14.3 Å². The van der Waals surface area contributed by atoms with Gasteiger partial charge in [-0.1, -0.05) is 5.16 Å². The molecule has 0 saturated carbocycles. The average molecular weight is 327 g/mol. The molecule has 1 amide bonds. The highest BCUT2D eigenvalue weighted by molar-refractivity contribution is 7.99. The molecule has 0 atom stereocenters. The maximum atomic E-state index is 12.8. The highest BCUT2D eigenvalue weighted by Crippen LogP contribution is 2.34. The number of carbonyl (C=O) groups excluding carboxylic acids is 1. The molecule has 0 aliphatic carbocycles. The van der Waals surface area contributed by atoms with E-state index in [1.807, 2.05) is 23.6 Å². The summed E-state index contributed by atoms with van der Waals surface area (Å²) in [6.07, 6.45) is 2.22. The van der Waals surface area contributed by atoms with Gasteiger partial charge in [0.2, 0.25) is 0 Å². The zero-order valence-electron chi connectivity index (χ0n) is 12.7. The maximum Gasteiger partial charge on any atom is 0.438 e. The molecule has 8 heteroatoms. The van der Waals surface area contributed by atoms with Crippen LogP contribution in [0.4, 0.5) is 0 Å². The summed E-state index contributed by atoms with van der Waals surface area (Å²) in [5.41, 5.74) is -0.618. The van der Waals surface area contributed by atoms with Crippen molar-refractivity contribution in [1.29, 1.82) is 0 Å². The van der Waals surface area contributed by atoms with Gasteiger partial charge in [0.05, 0.1) is 0 Å². The minimum Gasteiger partial charge on any atom is -0.365 e. The SMILES string of the molecule is CCOC1(C(=O)N2CC(Cc3noc(=O)[nH]3)C2)CCSCC1. The molecule has 0 radical (unpaired) electrons. The third-order valence-corrected chi connectivity index (χ3v) is 5.31. The highest BCUT2D eigenvalue weighted by atomic mass is 32.2. The molecule has 7 nitrogen and oxygen atoms in total. The molecule has 3 rings (SSSR count). The van der Waals surface area contributed by atoms with E-state index in [9.17, 15) is 9.59 Å². The van der Waals surface area contributed by atoms with Crippen molar-refractivity contribution in [2.75, 3.05) is 31.2 Å². The Morgan fingerprint density at radius 1 is 1.50 bits per heavy atom. The van der Waals surface area contributed by atoms with Crippen LogP contribution in [-0.4, -0.2) is 57.8 Å². The predicted octanol–water partition coefficient (Wildman–Crippen LogP) is 0.666. The molecular formula is C14H21N3O4S. The summed E-state index contributed by atoms with van der Waals surface area (Å²) >= 11 is 1.88. The summed E-state index contributed by atoms with van der Waals surface area (Å²) in [7, 11) is 0. The van der Waals surface area contributed by atoms with Gasteiger partial charge in [-0.15, -0.1) is 0 Å². The molecule has 0 spiro atoms. The van der Waals surface area contributed by atoms with E-state index in [0.29, 0.717) is 37.9 Å². The number of aromatic amines is 1. The van der Waals surface area contributed by atoms with E-state index >= 15 is 0 Å². The molecule has 1 aromatic heterocycles. The Balaban J connectivity index is 1.56. The number of thioether (sulfide) groups is 1. The van der Waals surface area contributed by atoms with E-state index in [4.69, 9.17) is 4.74 Å². The van der Waals surface area contributed by atoms with Gasteiger partial charge in [0.25, 0.3) is 5.91 Å². The molecule has 2 fully saturated rings. The molecule has 122 valence electrons. The van der Waals surface area contributed by atoms with Crippen LogP contribution in [-0.2, 0) is 16.0 Å². The van der Waals surface area contributed by atoms with Crippen LogP contribution in [0.25, 0.3) is 0 Å². The van der Waals surface area contributed by atoms with E-state index in [-0.39, 0.29) is 5.91 Å². The number of ether oxygens (including phenoxy) is 1. The summed E-state index contributed by atoms with van der Waals surface area (Å²) in [5.74, 6) is 2.42. The van der Waals surface area contributed by atoms with Crippen molar-refractivity contribution in [3.05, 3.63) is 16.4 Å². The first kappa shape index (κ1) is 15.6. The lowest BCUT2D eigenvalue weighted by molar-refractivity contribution is -0.166. The van der Waals surface area contributed by atoms with Crippen molar-refractivity contribution in [1.82, 2.24) is 15.0 Å². The summed E-state index contributed by atoms with van der Waals surface area (Å²) < 4.78 is 10.4. The molecule has 0 bridgehead atoms. The van der Waals surface area contributed by atoms with Crippen molar-refractivity contribution in [2.24, 2.45) is 5.92 Å². The smallest absolute Gasteiger partial charge is 0.365 e. The summed E-state index contributed by atoms with van der Waals surface area (Å²) in [6, 6.07) is 0. The number of H-pyrrole nitrogens is 1. The van der Waals surface area contributed by atoms with Gasteiger partial charge in [-0.2, -0.15) is 11.8 Å². The van der Waals surface area contributed by atoms with Crippen LogP contribution in [0.15, 0.2) is 9.32 Å². The zero-order valence-corrected chi connectivity index (χ0v) is 13.5. The third kappa shape index (κ3) is 3.08. The number of nitrogens with zero attached hydrogens (tertiary/aromatic N) is 2. The number of nitrogens with one attached hydrogen (secondary N) is 1. The van der Waals surface area contributed by atoms with Crippen LogP contribution < -0.4 is 5.76 Å². The number of carbonyl (C=O) groups is 1. The van der Waals surface area contributed by atoms with Crippen LogP contribution in [0.5, 0.6) is 0 Å². The lowest BCUT2D eigenvalue weighted by atomic mass is 9.89. The molecule has 1 aromatic rings. The monoisotopic (exact) mass is 327 g/mol. The Kier molecular flexibility index (Phi) is 4.58. The van der Waals surface area contributed by atoms with Gasteiger partial charge in [-0.05, 0) is 31.3 Å². The number of amides is 1. The second kappa shape index (κ2) is 6.45. The fourth-order valence-electron chi connectivity index (χ4n) is 3.17. The maximum absolute atomic E-state index is 12.8. The van der Waals surface area contributed by atoms with Crippen molar-refractivity contribution in [3.8, 4) is 0 Å². The molecule has 22 heavy (non-hydrogen) atoms. The van der Waals surface area contributed by atoms with Gasteiger partial charge in [-0.25, -0.2) is 4.79 Å². The van der Waals surface area contributed by atoms with Crippen LogP contribution >= 0.6 is 11.8 Å². The summed E-state index contributed by atoms with van der Waals surface area (Å²) in [6.45, 7) is 3.88. The number of hydrogen-bond acceptors (Lipinski definition) is 6. The zero-order chi connectivity index (χ0) is 15.6. The first-order chi connectivity index (χ1) is 10.6. The van der Waals surface area contributed by atoms with Gasteiger partial charge < -0.3 is 9.64 Å². The van der Waals surface area contributed by atoms with Crippen molar-refractivity contribution in [2.45, 2.75) is 31.8 Å². The Morgan fingerprint density at radius 2 is 2.23 bits per heavy atom. The Morgan fingerprint density at radius 3 is 2.82 bits per heavy atom. The van der Waals surface area contributed by atoms with Gasteiger partial charge in [0, 0.05) is 32.0 Å². The van der Waals surface area contributed by atoms with Crippen molar-refractivity contribution < 1.29 is 14.1 Å². The Bertz CT molecular complexity index is 567. The second-order valence-corrected chi connectivity index (χ2v) is 7.09. The molecule has 3 heterocycles. The standard InChI is InChI=1S/C14H21N3O4S/c1-2-20-14(3-5-22-6-4-14)12(18)17-8-10(9-17)7-11-15-13(19)21-16-11/h10H,2-9H2,1H3,(H,15,16,19). The number of aromatic nitrogens is 2. The van der Waals surface area contributed by atoms with Gasteiger partial charge in [0.15, 0.2) is 5.82 Å². The molecular weight excluding hydrogens is 306 g/mol. The van der Waals surface area contributed by atoms with E-state index in [1.165, 1.54) is 0 Å². The lowest BCUT2D eigenvalue weighted by Crippen LogP contribution is -2.60. The summed E-state index contributed by atoms with van der Waals surface area (Å²) in [4.78, 5) is 28.1. The Hall–Kier alpha value is -1.28. The molecule has 2 aliphatic heterocycles. The molecule has 2 saturated heterocycles. The van der Waals surface area contributed by atoms with Crippen LogP contribution in [0.1, 0.15) is 25.6 Å². The number of likely N-dealkylation sites (tertiary alicyclic amines) is 1. The second-order valence-electron chi connectivity index (χ2n) is 5.86. The minimum atomic E-state index is -0.618. The topological polar surface area (TPSA) is 88.4 Å². The molecule has 2 aliphatic rings. The Labute approximate surface area is 132 Å². The first-order valence-corrected chi connectivity index (χ1v) is 8.84. The lowest BCUT2D eigenvalue weighted by Gasteiger charge is -2.45. The molecule has 0 unspecified atom stereocenters. The molecule has 1 N–H and O–H groups in total. The van der Waals surface area contributed by atoms with E-state index in [1.54, 1.807) is 0 Å². The number of hydrogen-bond donors (Lipinski definition) is 1. The third-order valence-electron chi connectivity index (χ3n) is 4.32. The van der Waals surface area contributed by atoms with E-state index in [0.717, 1.165) is 24.3 Å². The average Bonchev–Trinajstić information content (AvgIpc) is 2.88. The summed E-state index contributed by atoms with van der Waals surface area (Å²) in [5, 5.41) is 3.67. The first-order valence-electron chi connectivity index (χ1n) is 7.69. The normalized spacial score (nSPS) is 21.6. The van der Waals surface area contributed by atoms with Gasteiger partial charge >= 0.3 is 5.76 Å². The van der Waals surface area contributed by atoms with Gasteiger partial charge in [0.1, 0.15) is 5.60 Å². The van der Waals surface area contributed by atoms with Crippen LogP contribution in [0.2, 0.25) is 0 Å². The van der Waals surface area contributed by atoms with Crippen molar-refractivity contribution in [3.63, 3.8) is 0 Å². The predicted molar refractivity (Wildman–Crippen MR) is 81.8 cm³/mol. The largest absolute Gasteiger partial charge is 0.438 e. The minimum absolute atomic E-state index is 0.125. The van der Waals surface area contributed by atoms with Crippen LogP contribution in [0, 0.1) is 5.92 Å². The quantitative estimate of drug-likeness (QED) is 0.855. The van der Waals surface area contributed by atoms with E-state index in [2.05, 4.69) is 14.7 Å². The highest BCUT2D eigenvalue weighted by Gasteiger charge is 2.46. The van der Waals surface area contributed by atoms with Crippen molar-refractivity contribution >= 4 is 17.7 Å². The fraction of sp³-hybridized carbons (Fsp3) is 0.786. The van der Waals surface area contributed by atoms with Crippen LogP contribution in [0.3, 0.4) is 0 Å². The molecule has 0 aromatic carbocycles. The van der Waals surface area contributed by atoms with E-state index < -0.39 is 11.4 Å². The fourth-order valence-corrected chi connectivity index (χ4v) is 4.32. The number of rotatable bonds is 5.